The Morgan fingerprint density at radius 3 is 2.86 bits per heavy atom. The molecule has 3 N–H and O–H groups in total. The number of nitrogens with one attached hydrogen (secondary N) is 3. The number of ether oxygens (including phenoxy) is 1. The number of hydrogen-bond acceptors (Lipinski definition) is 6. The van der Waals surface area contributed by atoms with Crippen LogP contribution in [-0.2, 0) is 4.74 Å². The van der Waals surface area contributed by atoms with Crippen LogP contribution in [0.4, 0.5) is 4.39 Å². The van der Waals surface area contributed by atoms with Gasteiger partial charge in [0.15, 0.2) is 0 Å². The van der Waals surface area contributed by atoms with Gasteiger partial charge in [-0.2, -0.15) is 0 Å². The minimum atomic E-state index is -0.187. The number of nitrogens with zero attached hydrogens (tertiary/aromatic N) is 1. The molecule has 3 unspecified atom stereocenters. The van der Waals surface area contributed by atoms with Crippen molar-refractivity contribution in [3.8, 4) is 0 Å². The van der Waals surface area contributed by atoms with Crippen molar-refractivity contribution in [3.05, 3.63) is 59.3 Å². The van der Waals surface area contributed by atoms with E-state index in [0.717, 1.165) is 63.0 Å². The lowest BCUT2D eigenvalue weighted by molar-refractivity contribution is 0.0159. The van der Waals surface area contributed by atoms with Gasteiger partial charge >= 0.3 is 0 Å². The maximum atomic E-state index is 13.8. The minimum absolute atomic E-state index is 0.131. The van der Waals surface area contributed by atoms with Crippen LogP contribution in [0.1, 0.15) is 29.2 Å². The molecule has 2 aromatic rings. The summed E-state index contributed by atoms with van der Waals surface area (Å²) in [5.74, 6) is 2.08. The summed E-state index contributed by atoms with van der Waals surface area (Å²) in [5.41, 5.74) is 7.57. The zero-order valence-electron chi connectivity index (χ0n) is 16.3. The van der Waals surface area contributed by atoms with Crippen LogP contribution in [0.2, 0.25) is 0 Å². The van der Waals surface area contributed by atoms with Gasteiger partial charge in [0, 0.05) is 44.7 Å². The maximum absolute atomic E-state index is 13.8. The largest absolute Gasteiger partial charge is 0.465 e. The Bertz CT molecular complexity index is 762. The third-order valence-corrected chi connectivity index (χ3v) is 5.63. The van der Waals surface area contributed by atoms with Crippen LogP contribution in [0.25, 0.3) is 0 Å². The molecule has 4 rings (SSSR count). The van der Waals surface area contributed by atoms with Crippen molar-refractivity contribution in [2.75, 3.05) is 45.9 Å². The molecule has 28 heavy (non-hydrogen) atoms. The van der Waals surface area contributed by atoms with Gasteiger partial charge in [-0.25, -0.2) is 9.82 Å². The highest BCUT2D eigenvalue weighted by atomic mass is 19.1. The summed E-state index contributed by atoms with van der Waals surface area (Å²) in [7, 11) is 0. The first-order valence-electron chi connectivity index (χ1n) is 10.0. The number of hydrogen-bond donors (Lipinski definition) is 3. The zero-order chi connectivity index (χ0) is 19.3. The standard InChI is InChI=1S/C21H29FN4O2/c1-15-5-6-20(28-15)21-17(13-24-25-21)12-23-14-19(26-7-9-27-10-8-26)16-3-2-4-18(22)11-16/h2-6,11,17,19,21,23-25H,7-10,12-14H2,1H3. The monoisotopic (exact) mass is 388 g/mol. The number of furan rings is 1. The van der Waals surface area contributed by atoms with E-state index in [1.165, 1.54) is 6.07 Å². The van der Waals surface area contributed by atoms with E-state index >= 15 is 0 Å². The Hall–Kier alpha value is -1.77. The molecule has 2 saturated heterocycles. The van der Waals surface area contributed by atoms with E-state index in [4.69, 9.17) is 9.15 Å². The van der Waals surface area contributed by atoms with Gasteiger partial charge in [-0.1, -0.05) is 12.1 Å². The third-order valence-electron chi connectivity index (χ3n) is 5.63. The van der Waals surface area contributed by atoms with Crippen molar-refractivity contribution >= 4 is 0 Å². The molecule has 3 atom stereocenters. The summed E-state index contributed by atoms with van der Waals surface area (Å²) < 4.78 is 25.1. The van der Waals surface area contributed by atoms with E-state index in [0.29, 0.717) is 5.92 Å². The summed E-state index contributed by atoms with van der Waals surface area (Å²) in [6.07, 6.45) is 0. The molecule has 0 radical (unpaired) electrons. The molecule has 152 valence electrons. The Morgan fingerprint density at radius 1 is 1.25 bits per heavy atom. The average molecular weight is 388 g/mol. The lowest BCUT2D eigenvalue weighted by Gasteiger charge is -2.35. The first kappa shape index (κ1) is 19.5. The molecular formula is C21H29FN4O2. The van der Waals surface area contributed by atoms with E-state index in [-0.39, 0.29) is 17.9 Å². The second-order valence-corrected chi connectivity index (χ2v) is 7.59. The van der Waals surface area contributed by atoms with E-state index in [2.05, 4.69) is 21.1 Å². The number of aryl methyl sites for hydroxylation is 1. The minimum Gasteiger partial charge on any atom is -0.465 e. The molecule has 0 bridgehead atoms. The molecule has 3 heterocycles. The fraction of sp³-hybridized carbons (Fsp3) is 0.524. The Balaban J connectivity index is 1.39. The van der Waals surface area contributed by atoms with Gasteiger partial charge in [-0.05, 0) is 36.8 Å². The molecule has 6 nitrogen and oxygen atoms in total. The van der Waals surface area contributed by atoms with Crippen molar-refractivity contribution in [2.45, 2.75) is 19.0 Å². The van der Waals surface area contributed by atoms with Gasteiger partial charge < -0.3 is 14.5 Å². The molecule has 2 aliphatic heterocycles. The van der Waals surface area contributed by atoms with Crippen LogP contribution in [0.15, 0.2) is 40.8 Å². The second kappa shape index (κ2) is 9.15. The van der Waals surface area contributed by atoms with Crippen molar-refractivity contribution in [3.63, 3.8) is 0 Å². The summed E-state index contributed by atoms with van der Waals surface area (Å²) in [4.78, 5) is 2.38. The summed E-state index contributed by atoms with van der Waals surface area (Å²) in [6.45, 7) is 7.63. The van der Waals surface area contributed by atoms with Gasteiger partial charge in [0.1, 0.15) is 17.3 Å². The third kappa shape index (κ3) is 4.61. The van der Waals surface area contributed by atoms with Gasteiger partial charge in [0.2, 0.25) is 0 Å². The molecule has 2 fully saturated rings. The summed E-state index contributed by atoms with van der Waals surface area (Å²) >= 11 is 0. The molecule has 7 heteroatoms. The Labute approximate surface area is 165 Å². The van der Waals surface area contributed by atoms with Crippen LogP contribution < -0.4 is 16.2 Å². The highest BCUT2D eigenvalue weighted by Gasteiger charge is 2.31. The highest BCUT2D eigenvalue weighted by molar-refractivity contribution is 5.21. The van der Waals surface area contributed by atoms with E-state index in [1.807, 2.05) is 25.1 Å². The van der Waals surface area contributed by atoms with Crippen molar-refractivity contribution < 1.29 is 13.5 Å². The van der Waals surface area contributed by atoms with E-state index < -0.39 is 0 Å². The molecule has 0 aliphatic carbocycles. The van der Waals surface area contributed by atoms with Crippen molar-refractivity contribution in [1.29, 1.82) is 0 Å². The number of halogens is 1. The van der Waals surface area contributed by atoms with E-state index in [1.54, 1.807) is 12.1 Å². The predicted octanol–water partition coefficient (Wildman–Crippen LogP) is 2.16. The van der Waals surface area contributed by atoms with Gasteiger partial charge in [0.25, 0.3) is 0 Å². The van der Waals surface area contributed by atoms with Crippen LogP contribution in [0.3, 0.4) is 0 Å². The highest BCUT2D eigenvalue weighted by Crippen LogP contribution is 2.27. The summed E-state index contributed by atoms with van der Waals surface area (Å²) in [6, 6.07) is 11.3. The molecule has 0 saturated carbocycles. The summed E-state index contributed by atoms with van der Waals surface area (Å²) in [5, 5.41) is 3.62. The zero-order valence-corrected chi connectivity index (χ0v) is 16.3. The van der Waals surface area contributed by atoms with Gasteiger partial charge in [-0.15, -0.1) is 0 Å². The second-order valence-electron chi connectivity index (χ2n) is 7.59. The number of benzene rings is 1. The van der Waals surface area contributed by atoms with Crippen LogP contribution in [-0.4, -0.2) is 50.8 Å². The molecule has 0 amide bonds. The number of rotatable bonds is 7. The molecule has 0 spiro atoms. The molecule has 2 aliphatic rings. The number of hydrazine groups is 1. The SMILES string of the molecule is Cc1ccc(C2NNCC2CNCC(c2cccc(F)c2)N2CCOCC2)o1. The van der Waals surface area contributed by atoms with Crippen LogP contribution >= 0.6 is 0 Å². The smallest absolute Gasteiger partial charge is 0.123 e. The topological polar surface area (TPSA) is 61.7 Å². The van der Waals surface area contributed by atoms with Crippen molar-refractivity contribution in [1.82, 2.24) is 21.1 Å². The van der Waals surface area contributed by atoms with E-state index in [9.17, 15) is 4.39 Å². The molecule has 1 aromatic heterocycles. The fourth-order valence-electron chi connectivity index (χ4n) is 4.12. The van der Waals surface area contributed by atoms with Gasteiger partial charge in [-0.3, -0.25) is 10.3 Å². The Kier molecular flexibility index (Phi) is 6.39. The molecule has 1 aromatic carbocycles. The first-order chi connectivity index (χ1) is 13.7. The van der Waals surface area contributed by atoms with Crippen molar-refractivity contribution in [2.24, 2.45) is 5.92 Å². The average Bonchev–Trinajstić information content (AvgIpc) is 3.34. The van der Waals surface area contributed by atoms with Crippen LogP contribution in [0.5, 0.6) is 0 Å². The normalized spacial score (nSPS) is 24.5. The maximum Gasteiger partial charge on any atom is 0.123 e. The quantitative estimate of drug-likeness (QED) is 0.676. The molecular weight excluding hydrogens is 359 g/mol. The van der Waals surface area contributed by atoms with Crippen LogP contribution in [0, 0.1) is 18.7 Å². The first-order valence-corrected chi connectivity index (χ1v) is 10.0. The fourth-order valence-corrected chi connectivity index (χ4v) is 4.12. The number of morpholine rings is 1. The lowest BCUT2D eigenvalue weighted by Crippen LogP contribution is -2.43. The lowest BCUT2D eigenvalue weighted by atomic mass is 9.99. The predicted molar refractivity (Wildman–Crippen MR) is 105 cm³/mol. The van der Waals surface area contributed by atoms with Gasteiger partial charge in [0.05, 0.1) is 19.3 Å². The Morgan fingerprint density at radius 2 is 2.11 bits per heavy atom.